The first-order valence-electron chi connectivity index (χ1n) is 9.76. The number of allylic oxidation sites excluding steroid dienone is 1. The summed E-state index contributed by atoms with van der Waals surface area (Å²) in [6.07, 6.45) is 11.0. The van der Waals surface area contributed by atoms with E-state index in [9.17, 15) is 9.59 Å². The lowest BCUT2D eigenvalue weighted by Gasteiger charge is -2.56. The summed E-state index contributed by atoms with van der Waals surface area (Å²) < 4.78 is 5.45. The van der Waals surface area contributed by atoms with Crippen LogP contribution in [-0.2, 0) is 14.3 Å². The summed E-state index contributed by atoms with van der Waals surface area (Å²) in [5.74, 6) is 1.49. The third-order valence-electron chi connectivity index (χ3n) is 8.01. The van der Waals surface area contributed by atoms with Crippen molar-refractivity contribution in [2.75, 3.05) is 0 Å². The van der Waals surface area contributed by atoms with Crippen molar-refractivity contribution in [3.05, 3.63) is 11.6 Å². The summed E-state index contributed by atoms with van der Waals surface area (Å²) in [4.78, 5) is 24.4. The van der Waals surface area contributed by atoms with Gasteiger partial charge < -0.3 is 4.74 Å². The molecule has 3 nitrogen and oxygen atoms in total. The van der Waals surface area contributed by atoms with E-state index in [1.54, 1.807) is 0 Å². The Morgan fingerprint density at radius 1 is 1.12 bits per heavy atom. The average molecular weight is 330 g/mol. The molecule has 3 heteroatoms. The van der Waals surface area contributed by atoms with E-state index in [0.717, 1.165) is 19.3 Å². The molecule has 0 N–H and O–H groups in total. The number of carbonyl (C=O) groups excluding carboxylic acids is 2. The standard InChI is InChI=1S/C21H30O3/c1-13(22)24-15-6-10-21(3)14(11-15)12-18(23)19-16-5-4-8-20(16,2)9-7-17(19)21/h12,15-17,19H,4-11H2,1-3H3/t15-,16+,17+,19+,20-,21-/m0/s1. The van der Waals surface area contributed by atoms with Crippen LogP contribution >= 0.6 is 0 Å². The minimum absolute atomic E-state index is 0.0356. The Morgan fingerprint density at radius 2 is 1.92 bits per heavy atom. The number of hydrogen-bond donors (Lipinski definition) is 0. The fourth-order valence-corrected chi connectivity index (χ4v) is 6.69. The van der Waals surface area contributed by atoms with E-state index in [1.165, 1.54) is 44.6 Å². The number of esters is 1. The van der Waals surface area contributed by atoms with Crippen LogP contribution in [0.2, 0.25) is 0 Å². The van der Waals surface area contributed by atoms with Crippen LogP contribution in [0.15, 0.2) is 11.6 Å². The largest absolute Gasteiger partial charge is 0.462 e. The van der Waals surface area contributed by atoms with Crippen LogP contribution in [0.3, 0.4) is 0 Å². The summed E-state index contributed by atoms with van der Waals surface area (Å²) in [5, 5.41) is 0. The lowest BCUT2D eigenvalue weighted by molar-refractivity contribution is -0.149. The molecule has 0 aliphatic heterocycles. The van der Waals surface area contributed by atoms with Crippen molar-refractivity contribution in [3.63, 3.8) is 0 Å². The van der Waals surface area contributed by atoms with E-state index in [4.69, 9.17) is 4.74 Å². The Hall–Kier alpha value is -1.12. The van der Waals surface area contributed by atoms with Crippen LogP contribution in [0, 0.1) is 28.6 Å². The zero-order valence-corrected chi connectivity index (χ0v) is 15.3. The summed E-state index contributed by atoms with van der Waals surface area (Å²) in [6.45, 7) is 6.28. The SMILES string of the molecule is CC(=O)O[C@H]1CC[C@@]2(C)C(=CC(=O)[C@@H]3[C@H]4CCC[C@@]4(C)CC[C@H]32)C1. The van der Waals surface area contributed by atoms with E-state index >= 15 is 0 Å². The Kier molecular flexibility index (Phi) is 3.71. The number of hydrogen-bond acceptors (Lipinski definition) is 3. The van der Waals surface area contributed by atoms with Crippen molar-refractivity contribution < 1.29 is 14.3 Å². The minimum atomic E-state index is -0.205. The molecule has 6 atom stereocenters. The Labute approximate surface area is 145 Å². The van der Waals surface area contributed by atoms with Gasteiger partial charge in [-0.2, -0.15) is 0 Å². The second-order valence-corrected chi connectivity index (χ2v) is 9.29. The van der Waals surface area contributed by atoms with Gasteiger partial charge in [0.2, 0.25) is 0 Å². The van der Waals surface area contributed by atoms with Crippen LogP contribution in [0.1, 0.15) is 72.1 Å². The van der Waals surface area contributed by atoms with Crippen LogP contribution in [0.4, 0.5) is 0 Å². The third kappa shape index (κ3) is 2.30. The van der Waals surface area contributed by atoms with Crippen molar-refractivity contribution in [1.82, 2.24) is 0 Å². The maximum atomic E-state index is 13.1. The van der Waals surface area contributed by atoms with E-state index in [1.807, 2.05) is 6.08 Å². The van der Waals surface area contributed by atoms with Crippen molar-refractivity contribution in [2.45, 2.75) is 78.2 Å². The van der Waals surface area contributed by atoms with Gasteiger partial charge in [0.25, 0.3) is 0 Å². The fraction of sp³-hybridized carbons (Fsp3) is 0.810. The molecule has 0 amide bonds. The molecule has 0 bridgehead atoms. The van der Waals surface area contributed by atoms with Gasteiger partial charge >= 0.3 is 5.97 Å². The van der Waals surface area contributed by atoms with Gasteiger partial charge in [-0.3, -0.25) is 9.59 Å². The van der Waals surface area contributed by atoms with Crippen LogP contribution in [-0.4, -0.2) is 17.9 Å². The van der Waals surface area contributed by atoms with Gasteiger partial charge in [0, 0.05) is 19.3 Å². The normalized spacial score (nSPS) is 47.3. The molecule has 4 aliphatic rings. The lowest BCUT2D eigenvalue weighted by Crippen LogP contribution is -2.52. The molecule has 0 aromatic carbocycles. The lowest BCUT2D eigenvalue weighted by atomic mass is 9.48. The highest BCUT2D eigenvalue weighted by Crippen LogP contribution is 2.64. The molecule has 0 aromatic heterocycles. The van der Waals surface area contributed by atoms with Crippen molar-refractivity contribution in [3.8, 4) is 0 Å². The zero-order chi connectivity index (χ0) is 17.1. The summed E-state index contributed by atoms with van der Waals surface area (Å²) in [5.41, 5.74) is 1.79. The molecule has 0 saturated heterocycles. The predicted molar refractivity (Wildman–Crippen MR) is 92.3 cm³/mol. The molecule has 0 spiro atoms. The first kappa shape index (κ1) is 16.4. The summed E-state index contributed by atoms with van der Waals surface area (Å²) in [7, 11) is 0. The van der Waals surface area contributed by atoms with Gasteiger partial charge in [-0.1, -0.05) is 25.8 Å². The molecule has 0 heterocycles. The predicted octanol–water partition coefficient (Wildman–Crippen LogP) is 4.45. The van der Waals surface area contributed by atoms with Gasteiger partial charge in [-0.25, -0.2) is 0 Å². The van der Waals surface area contributed by atoms with E-state index in [2.05, 4.69) is 13.8 Å². The average Bonchev–Trinajstić information content (AvgIpc) is 2.90. The third-order valence-corrected chi connectivity index (χ3v) is 8.01. The minimum Gasteiger partial charge on any atom is -0.462 e. The van der Waals surface area contributed by atoms with E-state index < -0.39 is 0 Å². The van der Waals surface area contributed by atoms with Crippen molar-refractivity contribution in [1.29, 1.82) is 0 Å². The number of ether oxygens (including phenoxy) is 1. The number of ketones is 1. The van der Waals surface area contributed by atoms with E-state index in [-0.39, 0.29) is 23.4 Å². The smallest absolute Gasteiger partial charge is 0.302 e. The van der Waals surface area contributed by atoms with Gasteiger partial charge in [0.05, 0.1) is 0 Å². The Balaban J connectivity index is 1.65. The fourth-order valence-electron chi connectivity index (χ4n) is 6.69. The monoisotopic (exact) mass is 330 g/mol. The molecule has 0 aromatic rings. The number of rotatable bonds is 1. The molecular weight excluding hydrogens is 300 g/mol. The van der Waals surface area contributed by atoms with Gasteiger partial charge in [0.15, 0.2) is 5.78 Å². The van der Waals surface area contributed by atoms with Gasteiger partial charge in [-0.05, 0) is 67.3 Å². The quantitative estimate of drug-likeness (QED) is 0.667. The summed E-state index contributed by atoms with van der Waals surface area (Å²) in [6, 6.07) is 0. The van der Waals surface area contributed by atoms with Gasteiger partial charge in [-0.15, -0.1) is 0 Å². The number of fused-ring (bicyclic) bond motifs is 5. The van der Waals surface area contributed by atoms with Gasteiger partial charge in [0.1, 0.15) is 6.10 Å². The molecular formula is C21H30O3. The first-order valence-corrected chi connectivity index (χ1v) is 9.76. The molecule has 0 radical (unpaired) electrons. The highest BCUT2D eigenvalue weighted by Gasteiger charge is 2.58. The maximum absolute atomic E-state index is 13.1. The molecule has 3 saturated carbocycles. The second-order valence-electron chi connectivity index (χ2n) is 9.29. The first-order chi connectivity index (χ1) is 11.3. The highest BCUT2D eigenvalue weighted by molar-refractivity contribution is 5.94. The zero-order valence-electron chi connectivity index (χ0n) is 15.3. The topological polar surface area (TPSA) is 43.4 Å². The highest BCUT2D eigenvalue weighted by atomic mass is 16.5. The van der Waals surface area contributed by atoms with Crippen LogP contribution in [0.5, 0.6) is 0 Å². The molecule has 24 heavy (non-hydrogen) atoms. The maximum Gasteiger partial charge on any atom is 0.302 e. The van der Waals surface area contributed by atoms with Crippen LogP contribution in [0.25, 0.3) is 0 Å². The molecule has 4 aliphatic carbocycles. The van der Waals surface area contributed by atoms with E-state index in [0.29, 0.717) is 23.0 Å². The molecule has 3 fully saturated rings. The summed E-state index contributed by atoms with van der Waals surface area (Å²) >= 11 is 0. The Bertz CT molecular complexity index is 606. The molecule has 0 unspecified atom stereocenters. The Morgan fingerprint density at radius 3 is 2.67 bits per heavy atom. The van der Waals surface area contributed by atoms with Crippen molar-refractivity contribution in [2.24, 2.45) is 28.6 Å². The van der Waals surface area contributed by atoms with Crippen molar-refractivity contribution >= 4 is 11.8 Å². The van der Waals surface area contributed by atoms with Crippen LogP contribution < -0.4 is 0 Å². The second kappa shape index (κ2) is 5.44. The number of carbonyl (C=O) groups is 2. The molecule has 132 valence electrons. The molecule has 4 rings (SSSR count).